The van der Waals surface area contributed by atoms with E-state index >= 15 is 0 Å². The zero-order valence-corrected chi connectivity index (χ0v) is 18.7. The molecule has 3 N–H and O–H groups in total. The molecular formula is C22H24N6O3S. The van der Waals surface area contributed by atoms with E-state index in [0.717, 1.165) is 37.2 Å². The summed E-state index contributed by atoms with van der Waals surface area (Å²) in [6.45, 7) is 5.28. The number of nitrogens with zero attached hydrogens (tertiary/aromatic N) is 4. The van der Waals surface area contributed by atoms with E-state index < -0.39 is 15.4 Å². The van der Waals surface area contributed by atoms with Crippen LogP contribution >= 0.6 is 0 Å². The van der Waals surface area contributed by atoms with E-state index in [9.17, 15) is 13.2 Å². The lowest BCUT2D eigenvalue weighted by atomic mass is 10.1. The molecule has 1 fully saturated rings. The maximum Gasteiger partial charge on any atom is 0.281 e. The lowest BCUT2D eigenvalue weighted by molar-refractivity contribution is 0.501. The zero-order valence-electron chi connectivity index (χ0n) is 17.9. The van der Waals surface area contributed by atoms with E-state index in [1.807, 2.05) is 19.1 Å². The summed E-state index contributed by atoms with van der Waals surface area (Å²) >= 11 is 0. The summed E-state index contributed by atoms with van der Waals surface area (Å²) < 4.78 is 28.2. The fourth-order valence-electron chi connectivity index (χ4n) is 4.34. The summed E-state index contributed by atoms with van der Waals surface area (Å²) in [5.74, 6) is 0. The molecule has 2 aromatic heterocycles. The molecular weight excluding hydrogens is 428 g/mol. The monoisotopic (exact) mass is 452 g/mol. The number of nitrogens with one attached hydrogen (secondary N) is 1. The van der Waals surface area contributed by atoms with Crippen molar-refractivity contribution in [3.8, 4) is 0 Å². The Bertz CT molecular complexity index is 1510. The Morgan fingerprint density at radius 1 is 1.09 bits per heavy atom. The van der Waals surface area contributed by atoms with Crippen molar-refractivity contribution in [1.29, 1.82) is 0 Å². The number of hydrogen-bond donors (Lipinski definition) is 2. The minimum absolute atomic E-state index is 0.0136. The number of piperidine rings is 1. The van der Waals surface area contributed by atoms with Gasteiger partial charge in [0, 0.05) is 24.8 Å². The second-order valence-corrected chi connectivity index (χ2v) is 10.2. The standard InChI is InChI=1S/C22H24N6O3S/c1-13-3-6-19(14(2)11-13)32(30,31)22-20-24-21(29)17-5-4-16(12-18(17)28(20)26-25-22)27-9-7-15(23)8-10-27/h3-6,11-12,15,26H,7-10,23H2,1-2H3. The first-order valence-electron chi connectivity index (χ1n) is 10.5. The molecule has 0 aliphatic carbocycles. The summed E-state index contributed by atoms with van der Waals surface area (Å²) in [6.07, 6.45) is 1.79. The molecule has 0 radical (unpaired) electrons. The molecule has 0 atom stereocenters. The molecule has 3 heterocycles. The molecule has 0 bridgehead atoms. The number of H-pyrrole nitrogens is 1. The first-order valence-corrected chi connectivity index (χ1v) is 12.0. The topological polar surface area (TPSA) is 126 Å². The van der Waals surface area contributed by atoms with Crippen molar-refractivity contribution < 1.29 is 8.42 Å². The molecule has 5 rings (SSSR count). The van der Waals surface area contributed by atoms with Gasteiger partial charge in [-0.25, -0.2) is 18.1 Å². The first-order chi connectivity index (χ1) is 15.3. The van der Waals surface area contributed by atoms with Gasteiger partial charge in [0.15, 0.2) is 5.65 Å². The van der Waals surface area contributed by atoms with Gasteiger partial charge in [-0.05, 0) is 56.5 Å². The largest absolute Gasteiger partial charge is 0.371 e. The Morgan fingerprint density at radius 3 is 2.56 bits per heavy atom. The van der Waals surface area contributed by atoms with Crippen molar-refractivity contribution >= 4 is 32.1 Å². The van der Waals surface area contributed by atoms with E-state index in [-0.39, 0.29) is 21.6 Å². The van der Waals surface area contributed by atoms with Crippen LogP contribution in [-0.2, 0) is 9.84 Å². The predicted octanol–water partition coefficient (Wildman–Crippen LogP) is 1.95. The highest BCUT2D eigenvalue weighted by Crippen LogP contribution is 2.28. The first kappa shape index (κ1) is 20.7. The smallest absolute Gasteiger partial charge is 0.281 e. The van der Waals surface area contributed by atoms with Gasteiger partial charge in [-0.3, -0.25) is 4.79 Å². The van der Waals surface area contributed by atoms with Crippen LogP contribution in [0.4, 0.5) is 5.69 Å². The third kappa shape index (κ3) is 3.26. The normalized spacial score (nSPS) is 15.7. The van der Waals surface area contributed by atoms with Crippen LogP contribution in [0.15, 0.2) is 51.1 Å². The van der Waals surface area contributed by atoms with Crippen molar-refractivity contribution in [2.45, 2.75) is 42.7 Å². The summed E-state index contributed by atoms with van der Waals surface area (Å²) in [6, 6.07) is 10.8. The molecule has 0 unspecified atom stereocenters. The SMILES string of the molecule is Cc1ccc(S(=O)(=O)c2n[nH]n3c2nc(=O)c2ccc(N4CCC(N)CC4)cc23)c(C)c1. The van der Waals surface area contributed by atoms with Crippen molar-refractivity contribution in [2.24, 2.45) is 5.73 Å². The molecule has 32 heavy (non-hydrogen) atoms. The van der Waals surface area contributed by atoms with Crippen LogP contribution in [0.5, 0.6) is 0 Å². The van der Waals surface area contributed by atoms with Crippen LogP contribution in [0.25, 0.3) is 16.6 Å². The van der Waals surface area contributed by atoms with Crippen LogP contribution in [0.2, 0.25) is 0 Å². The average molecular weight is 453 g/mol. The van der Waals surface area contributed by atoms with Crippen molar-refractivity contribution in [1.82, 2.24) is 19.8 Å². The number of rotatable bonds is 3. The summed E-state index contributed by atoms with van der Waals surface area (Å²) in [5, 5.41) is 6.94. The molecule has 0 spiro atoms. The van der Waals surface area contributed by atoms with Crippen LogP contribution < -0.4 is 16.2 Å². The van der Waals surface area contributed by atoms with Crippen LogP contribution in [0.3, 0.4) is 0 Å². The third-order valence-electron chi connectivity index (χ3n) is 6.09. The fourth-order valence-corrected chi connectivity index (χ4v) is 5.81. The summed E-state index contributed by atoms with van der Waals surface area (Å²) in [4.78, 5) is 19.2. The zero-order chi connectivity index (χ0) is 22.6. The second-order valence-electron chi connectivity index (χ2n) is 8.39. The van der Waals surface area contributed by atoms with Gasteiger partial charge in [0.2, 0.25) is 14.9 Å². The molecule has 10 heteroatoms. The van der Waals surface area contributed by atoms with Gasteiger partial charge in [-0.15, -0.1) is 5.10 Å². The van der Waals surface area contributed by atoms with Crippen molar-refractivity contribution in [3.05, 3.63) is 57.9 Å². The van der Waals surface area contributed by atoms with Gasteiger partial charge in [0.25, 0.3) is 5.56 Å². The van der Waals surface area contributed by atoms with Crippen LogP contribution in [0.1, 0.15) is 24.0 Å². The number of nitrogens with two attached hydrogens (primary N) is 1. The van der Waals surface area contributed by atoms with Crippen molar-refractivity contribution in [3.63, 3.8) is 0 Å². The lowest BCUT2D eigenvalue weighted by Crippen LogP contribution is -2.39. The summed E-state index contributed by atoms with van der Waals surface area (Å²) in [7, 11) is -3.98. The maximum atomic E-state index is 13.4. The maximum absolute atomic E-state index is 13.4. The average Bonchev–Trinajstić information content (AvgIpc) is 3.18. The van der Waals surface area contributed by atoms with E-state index in [0.29, 0.717) is 16.5 Å². The number of aromatic nitrogens is 4. The van der Waals surface area contributed by atoms with E-state index in [1.165, 1.54) is 4.52 Å². The number of sulfone groups is 1. The van der Waals surface area contributed by atoms with Crippen LogP contribution in [-0.4, -0.2) is 47.4 Å². The van der Waals surface area contributed by atoms with Gasteiger partial charge in [-0.2, -0.15) is 4.98 Å². The van der Waals surface area contributed by atoms with Gasteiger partial charge in [0.05, 0.1) is 15.8 Å². The molecule has 2 aromatic carbocycles. The van der Waals surface area contributed by atoms with E-state index in [4.69, 9.17) is 5.73 Å². The molecule has 166 valence electrons. The minimum Gasteiger partial charge on any atom is -0.371 e. The van der Waals surface area contributed by atoms with Gasteiger partial charge in [-0.1, -0.05) is 17.7 Å². The Balaban J connectivity index is 1.68. The second kappa shape index (κ2) is 7.42. The number of anilines is 1. The highest BCUT2D eigenvalue weighted by Gasteiger charge is 2.28. The predicted molar refractivity (Wildman–Crippen MR) is 122 cm³/mol. The van der Waals surface area contributed by atoms with Gasteiger partial charge in [0.1, 0.15) is 0 Å². The molecule has 0 amide bonds. The molecule has 9 nitrogen and oxygen atoms in total. The summed E-state index contributed by atoms with van der Waals surface area (Å²) in [5.41, 5.74) is 8.55. The van der Waals surface area contributed by atoms with Gasteiger partial charge < -0.3 is 10.6 Å². The number of fused-ring (bicyclic) bond motifs is 3. The van der Waals surface area contributed by atoms with E-state index in [1.54, 1.807) is 31.2 Å². The van der Waals surface area contributed by atoms with Gasteiger partial charge >= 0.3 is 0 Å². The lowest BCUT2D eigenvalue weighted by Gasteiger charge is -2.32. The number of hydrogen-bond acceptors (Lipinski definition) is 7. The molecule has 0 saturated carbocycles. The van der Waals surface area contributed by atoms with Crippen molar-refractivity contribution in [2.75, 3.05) is 18.0 Å². The highest BCUT2D eigenvalue weighted by atomic mass is 32.2. The molecule has 1 saturated heterocycles. The van der Waals surface area contributed by atoms with Crippen LogP contribution in [0, 0.1) is 13.8 Å². The highest BCUT2D eigenvalue weighted by molar-refractivity contribution is 7.91. The Labute approximate surface area is 184 Å². The number of aryl methyl sites for hydroxylation is 2. The number of aromatic amines is 1. The Morgan fingerprint density at radius 2 is 1.84 bits per heavy atom. The Kier molecular flexibility index (Phi) is 4.79. The fraction of sp³-hybridized carbons (Fsp3) is 0.318. The molecule has 4 aromatic rings. The molecule has 1 aliphatic rings. The number of benzene rings is 2. The molecule has 1 aliphatic heterocycles. The van der Waals surface area contributed by atoms with E-state index in [2.05, 4.69) is 20.2 Å². The quantitative estimate of drug-likeness (QED) is 0.486. The Hall–Kier alpha value is -3.24. The third-order valence-corrected chi connectivity index (χ3v) is 7.91. The minimum atomic E-state index is -3.98.